The summed E-state index contributed by atoms with van der Waals surface area (Å²) in [4.78, 5) is 24.8. The molecule has 0 saturated heterocycles. The summed E-state index contributed by atoms with van der Waals surface area (Å²) in [6.45, 7) is 0. The molecule has 0 rings (SSSR count). The minimum atomic E-state index is -1.75. The van der Waals surface area contributed by atoms with Crippen LogP contribution in [0.2, 0.25) is 0 Å². The van der Waals surface area contributed by atoms with E-state index in [4.69, 9.17) is 46.0 Å². The van der Waals surface area contributed by atoms with Gasteiger partial charge in [-0.25, -0.2) is 0 Å². The van der Waals surface area contributed by atoms with Gasteiger partial charge in [-0.05, 0) is 0 Å². The Balaban J connectivity index is -0.0000000450. The van der Waals surface area contributed by atoms with Crippen LogP contribution in [0.25, 0.3) is 0 Å². The van der Waals surface area contributed by atoms with Gasteiger partial charge in [0.25, 0.3) is 0 Å². The standard InChI is InChI=1S/Cf.3NO3/c;3*2-1(3)4/q;3*-1/i1+1;;;. The molecule has 0 radical (unpaired) electrons. The van der Waals surface area contributed by atoms with Crippen molar-refractivity contribution in [3.05, 3.63) is 46.0 Å². The molecule has 0 bridgehead atoms. The van der Waals surface area contributed by atoms with E-state index in [0.717, 1.165) is 0 Å². The Morgan fingerprint density at radius 2 is 0.538 bits per heavy atom. The normalized spacial score (nSPS) is 5.54. The van der Waals surface area contributed by atoms with Crippen LogP contribution in [0, 0.1) is 46.0 Å². The van der Waals surface area contributed by atoms with E-state index in [9.17, 15) is 0 Å². The van der Waals surface area contributed by atoms with E-state index >= 15 is 0 Å². The van der Waals surface area contributed by atoms with Crippen LogP contribution in [0.4, 0.5) is 0 Å². The van der Waals surface area contributed by atoms with Crippen LogP contribution in [-0.4, -0.2) is 15.3 Å². The number of rotatable bonds is 0. The zero-order valence-electron chi connectivity index (χ0n) is 5.33. The third kappa shape index (κ3) is 32.4. The fourth-order valence-electron chi connectivity index (χ4n) is 0. The van der Waals surface area contributed by atoms with Crippen LogP contribution in [0.1, 0.15) is 0 Å². The second kappa shape index (κ2) is 15.8. The van der Waals surface area contributed by atoms with Gasteiger partial charge in [0.15, 0.2) is 0 Å². The number of hydrogen-bond acceptors (Lipinski definition) is 9. The first-order chi connectivity index (χ1) is 5.20. The maximum absolute atomic E-state index is 8.25. The molecular weight excluding hydrogens is 438 g/mol. The molecule has 0 N–H and O–H groups in total. The van der Waals surface area contributed by atoms with Crippen molar-refractivity contribution >= 4 is 0 Å². The van der Waals surface area contributed by atoms with E-state index < -0.39 is 15.3 Å². The van der Waals surface area contributed by atoms with Gasteiger partial charge in [0, 0.05) is 0 Å². The summed E-state index contributed by atoms with van der Waals surface area (Å²) in [5.41, 5.74) is 0. The Bertz CT molecular complexity index is 112. The summed E-state index contributed by atoms with van der Waals surface area (Å²) in [6.07, 6.45) is 0. The van der Waals surface area contributed by atoms with Crippen molar-refractivity contribution in [2.45, 2.75) is 0 Å². The van der Waals surface area contributed by atoms with Gasteiger partial charge in [-0.3, -0.25) is 0 Å². The number of nitrogens with zero attached hydrogens (tertiary/aromatic N) is 3. The van der Waals surface area contributed by atoms with Crippen molar-refractivity contribution in [1.29, 1.82) is 0 Å². The molecule has 0 amide bonds. The Labute approximate surface area is 62.6 Å². The summed E-state index contributed by atoms with van der Waals surface area (Å²) in [5, 5.41) is 44.2. The van der Waals surface area contributed by atoms with Crippen LogP contribution in [-0.2, 0) is 0 Å². The van der Waals surface area contributed by atoms with E-state index in [1.165, 1.54) is 0 Å². The molecular formula is CfN3O9-3. The van der Waals surface area contributed by atoms with Crippen LogP contribution in [0.5, 0.6) is 0 Å². The summed E-state index contributed by atoms with van der Waals surface area (Å²) >= 11 is 0. The van der Waals surface area contributed by atoms with Gasteiger partial charge in [0.05, 0.1) is 15.3 Å². The van der Waals surface area contributed by atoms with Gasteiger partial charge in [0.1, 0.15) is 0 Å². The second-order valence-corrected chi connectivity index (χ2v) is 0.671. The van der Waals surface area contributed by atoms with Gasteiger partial charge in [0.2, 0.25) is 0 Å². The average Bonchev–Trinajstić information content (AvgIpc) is 1.54. The van der Waals surface area contributed by atoms with Crippen molar-refractivity contribution in [1.82, 2.24) is 0 Å². The van der Waals surface area contributed by atoms with Crippen LogP contribution in [0.3, 0.4) is 0 Å². The predicted molar refractivity (Wildman–Crippen MR) is 31.1 cm³/mol. The summed E-state index contributed by atoms with van der Waals surface area (Å²) in [6, 6.07) is 0. The van der Waals surface area contributed by atoms with Gasteiger partial charge in [-0.15, -0.1) is 0 Å². The Morgan fingerprint density at radius 1 is 0.538 bits per heavy atom. The zero-order chi connectivity index (χ0) is 10.7. The van der Waals surface area contributed by atoms with E-state index in [1.807, 2.05) is 0 Å². The molecule has 0 aromatic heterocycles. The molecule has 82 valence electrons. The summed E-state index contributed by atoms with van der Waals surface area (Å²) in [5.74, 6) is 0. The molecule has 0 fully saturated rings. The van der Waals surface area contributed by atoms with Crippen LogP contribution >= 0.6 is 0 Å². The Kier molecular flexibility index (Phi) is 27.6. The molecule has 0 unspecified atom stereocenters. The molecule has 12 nitrogen and oxygen atoms in total. The molecule has 13 heteroatoms. The predicted octanol–water partition coefficient (Wildman–Crippen LogP) is -0.717. The van der Waals surface area contributed by atoms with Crippen molar-refractivity contribution in [3.63, 3.8) is 0 Å². The molecule has 0 aliphatic carbocycles. The molecule has 0 aliphatic rings. The average molecular weight is 438 g/mol. The van der Waals surface area contributed by atoms with Gasteiger partial charge < -0.3 is 46.0 Å². The molecule has 13 heavy (non-hydrogen) atoms. The fourth-order valence-corrected chi connectivity index (χ4v) is 0. The second-order valence-electron chi connectivity index (χ2n) is 0.671. The zero-order valence-corrected chi connectivity index (χ0v) is 7.97. The van der Waals surface area contributed by atoms with E-state index in [2.05, 4.69) is 0 Å². The van der Waals surface area contributed by atoms with Gasteiger partial charge in [-0.2, -0.15) is 0 Å². The molecule has 0 aliphatic heterocycles. The topological polar surface area (TPSA) is 199 Å². The smallest absolute Gasteiger partial charge is 0.0689 e. The van der Waals surface area contributed by atoms with E-state index in [1.54, 1.807) is 0 Å². The minimum absolute atomic E-state index is 0. The number of hydrogen-bond donors (Lipinski definition) is 0. The quantitative estimate of drug-likeness (QED) is 0.346. The molecule has 0 aromatic rings. The van der Waals surface area contributed by atoms with Crippen molar-refractivity contribution in [3.8, 4) is 0 Å². The first kappa shape index (κ1) is 22.6. The Hall–Kier alpha value is -3.40. The maximum Gasteiger partial charge on any atom is 0.0689 e. The molecule has 0 heterocycles. The largest absolute Gasteiger partial charge is 0.356 e. The molecule has 0 spiro atoms. The molecule has 0 saturated carbocycles. The monoisotopic (exact) mass is 438 g/mol. The van der Waals surface area contributed by atoms with Gasteiger partial charge >= 0.3 is 0 Å². The summed E-state index contributed by atoms with van der Waals surface area (Å²) < 4.78 is 0. The van der Waals surface area contributed by atoms with Crippen LogP contribution in [0.15, 0.2) is 0 Å². The Morgan fingerprint density at radius 3 is 0.538 bits per heavy atom. The van der Waals surface area contributed by atoms with E-state index in [0.29, 0.717) is 0 Å². The molecule has 0 aromatic carbocycles. The van der Waals surface area contributed by atoms with Crippen molar-refractivity contribution in [2.24, 2.45) is 0 Å². The first-order valence-electron chi connectivity index (χ1n) is 1.64. The first-order valence-corrected chi connectivity index (χ1v) is 1.64. The van der Waals surface area contributed by atoms with E-state index in [-0.39, 0.29) is 0 Å². The minimum Gasteiger partial charge on any atom is -0.356 e. The van der Waals surface area contributed by atoms with Crippen LogP contribution < -0.4 is 0 Å². The third-order valence-electron chi connectivity index (χ3n) is 0. The van der Waals surface area contributed by atoms with Gasteiger partial charge in [-0.1, -0.05) is 0 Å². The summed E-state index contributed by atoms with van der Waals surface area (Å²) in [7, 11) is 0. The molecule has 0 atom stereocenters. The van der Waals surface area contributed by atoms with Crippen molar-refractivity contribution in [2.75, 3.05) is 0 Å². The SMILES string of the molecule is O=[N+]([O-])[O-].O=[N+]([O-])[O-].O=[N+]([O-])[O-].[252Cf]. The van der Waals surface area contributed by atoms with Crippen molar-refractivity contribution < 1.29 is 15.3 Å². The maximum atomic E-state index is 8.25. The fraction of sp³-hybridized carbons (Fsp3) is 0. The third-order valence-corrected chi connectivity index (χ3v) is 0.